The minimum atomic E-state index is -0.240. The molecule has 1 atom stereocenters. The zero-order valence-corrected chi connectivity index (χ0v) is 14.4. The van der Waals surface area contributed by atoms with Crippen molar-refractivity contribution in [1.82, 2.24) is 15.3 Å². The number of hydrogen-bond acceptors (Lipinski definition) is 6. The van der Waals surface area contributed by atoms with Crippen LogP contribution in [-0.4, -0.2) is 34.1 Å². The predicted molar refractivity (Wildman–Crippen MR) is 92.5 cm³/mol. The lowest BCUT2D eigenvalue weighted by atomic mass is 9.97. The van der Waals surface area contributed by atoms with Gasteiger partial charge in [-0.05, 0) is 31.9 Å². The lowest BCUT2D eigenvalue weighted by molar-refractivity contribution is -0.121. The summed E-state index contributed by atoms with van der Waals surface area (Å²) in [5.41, 5.74) is 2.31. The van der Waals surface area contributed by atoms with Crippen LogP contribution in [0, 0.1) is 6.92 Å². The van der Waals surface area contributed by atoms with Gasteiger partial charge in [0, 0.05) is 30.1 Å². The van der Waals surface area contributed by atoms with Gasteiger partial charge in [-0.3, -0.25) is 9.78 Å². The molecule has 0 bridgehead atoms. The highest BCUT2D eigenvalue weighted by Gasteiger charge is 2.32. The molecular weight excluding hydrogens is 324 g/mol. The highest BCUT2D eigenvalue weighted by molar-refractivity contribution is 7.15. The molecule has 0 aliphatic carbocycles. The molecule has 2 aliphatic heterocycles. The summed E-state index contributed by atoms with van der Waals surface area (Å²) in [7, 11) is 0. The van der Waals surface area contributed by atoms with Crippen molar-refractivity contribution in [3.05, 3.63) is 34.1 Å². The van der Waals surface area contributed by atoms with Crippen LogP contribution >= 0.6 is 11.3 Å². The van der Waals surface area contributed by atoms with Crippen LogP contribution in [0.1, 0.15) is 47.1 Å². The maximum atomic E-state index is 12.1. The SMILES string of the molecule is Cc1ccc(O)c(C2CC(=O)NCc3nc(N4CCCC4)sc32)n1. The summed E-state index contributed by atoms with van der Waals surface area (Å²) < 4.78 is 0. The number of carbonyl (C=O) groups excluding carboxylic acids is 1. The second-order valence-corrected chi connectivity index (χ2v) is 7.40. The summed E-state index contributed by atoms with van der Waals surface area (Å²) in [6.07, 6.45) is 2.69. The van der Waals surface area contributed by atoms with E-state index in [-0.39, 0.29) is 17.6 Å². The van der Waals surface area contributed by atoms with Gasteiger partial charge in [0.05, 0.1) is 23.9 Å². The Hall–Kier alpha value is -2.15. The third-order valence-corrected chi connectivity index (χ3v) is 5.90. The fourth-order valence-corrected chi connectivity index (χ4v) is 4.61. The van der Waals surface area contributed by atoms with E-state index in [1.807, 2.05) is 6.92 Å². The number of nitrogens with one attached hydrogen (secondary N) is 1. The average Bonchev–Trinajstić information content (AvgIpc) is 3.20. The maximum absolute atomic E-state index is 12.1. The number of anilines is 1. The van der Waals surface area contributed by atoms with E-state index in [4.69, 9.17) is 4.98 Å². The monoisotopic (exact) mass is 344 g/mol. The molecule has 0 spiro atoms. The zero-order valence-electron chi connectivity index (χ0n) is 13.6. The van der Waals surface area contributed by atoms with Gasteiger partial charge >= 0.3 is 0 Å². The number of aromatic hydroxyl groups is 1. The lowest BCUT2D eigenvalue weighted by Gasteiger charge is -2.15. The molecule has 126 valence electrons. The van der Waals surface area contributed by atoms with Crippen LogP contribution in [0.25, 0.3) is 0 Å². The van der Waals surface area contributed by atoms with E-state index >= 15 is 0 Å². The van der Waals surface area contributed by atoms with Crippen LogP contribution in [0.3, 0.4) is 0 Å². The molecule has 7 heteroatoms. The van der Waals surface area contributed by atoms with E-state index in [0.29, 0.717) is 18.7 Å². The van der Waals surface area contributed by atoms with Crippen molar-refractivity contribution >= 4 is 22.4 Å². The average molecular weight is 344 g/mol. The Morgan fingerprint density at radius 3 is 2.88 bits per heavy atom. The smallest absolute Gasteiger partial charge is 0.221 e. The van der Waals surface area contributed by atoms with Gasteiger partial charge in [-0.15, -0.1) is 11.3 Å². The molecule has 4 heterocycles. The summed E-state index contributed by atoms with van der Waals surface area (Å²) in [4.78, 5) is 24.8. The van der Waals surface area contributed by atoms with E-state index in [0.717, 1.165) is 34.5 Å². The fraction of sp³-hybridized carbons (Fsp3) is 0.471. The molecule has 24 heavy (non-hydrogen) atoms. The number of rotatable bonds is 2. The second kappa shape index (κ2) is 6.05. The van der Waals surface area contributed by atoms with Crippen molar-refractivity contribution in [1.29, 1.82) is 0 Å². The van der Waals surface area contributed by atoms with Gasteiger partial charge in [0.2, 0.25) is 5.91 Å². The number of aromatic nitrogens is 2. The number of nitrogens with zero attached hydrogens (tertiary/aromatic N) is 3. The first-order chi connectivity index (χ1) is 11.6. The van der Waals surface area contributed by atoms with Crippen molar-refractivity contribution in [3.8, 4) is 5.75 Å². The topological polar surface area (TPSA) is 78.3 Å². The zero-order chi connectivity index (χ0) is 16.7. The third-order valence-electron chi connectivity index (χ3n) is 4.62. The van der Waals surface area contributed by atoms with Gasteiger partial charge in [-0.2, -0.15) is 0 Å². The summed E-state index contributed by atoms with van der Waals surface area (Å²) in [6, 6.07) is 3.43. The molecule has 0 aromatic carbocycles. The van der Waals surface area contributed by atoms with Crippen LogP contribution in [0.2, 0.25) is 0 Å². The van der Waals surface area contributed by atoms with Crippen LogP contribution in [0.4, 0.5) is 5.13 Å². The molecular formula is C17H20N4O2S. The molecule has 0 saturated carbocycles. The third kappa shape index (κ3) is 2.73. The van der Waals surface area contributed by atoms with Gasteiger partial charge in [0.15, 0.2) is 5.13 Å². The summed E-state index contributed by atoms with van der Waals surface area (Å²) in [6.45, 7) is 4.42. The fourth-order valence-electron chi connectivity index (χ4n) is 3.37. The molecule has 4 rings (SSSR count). The number of thiazole rings is 1. The molecule has 1 saturated heterocycles. The van der Waals surface area contributed by atoms with Gasteiger partial charge in [0.1, 0.15) is 5.75 Å². The van der Waals surface area contributed by atoms with E-state index in [1.165, 1.54) is 12.8 Å². The molecule has 2 aromatic heterocycles. The quantitative estimate of drug-likeness (QED) is 0.874. The molecule has 6 nitrogen and oxygen atoms in total. The Bertz CT molecular complexity index is 783. The molecule has 1 amide bonds. The van der Waals surface area contributed by atoms with E-state index in [2.05, 4.69) is 15.2 Å². The molecule has 1 unspecified atom stereocenters. The highest BCUT2D eigenvalue weighted by atomic mass is 32.1. The highest BCUT2D eigenvalue weighted by Crippen LogP contribution is 2.41. The normalized spacial score (nSPS) is 20.6. The molecule has 2 aliphatic rings. The number of amides is 1. The number of aryl methyl sites for hydroxylation is 1. The van der Waals surface area contributed by atoms with Gasteiger partial charge in [-0.1, -0.05) is 0 Å². The molecule has 2 aromatic rings. The molecule has 0 radical (unpaired) electrons. The first-order valence-corrected chi connectivity index (χ1v) is 9.11. The molecule has 1 fully saturated rings. The van der Waals surface area contributed by atoms with Crippen LogP contribution in [0.15, 0.2) is 12.1 Å². The first kappa shape index (κ1) is 15.4. The Balaban J connectivity index is 1.78. The van der Waals surface area contributed by atoms with E-state index in [9.17, 15) is 9.90 Å². The van der Waals surface area contributed by atoms with Crippen LogP contribution in [0.5, 0.6) is 5.75 Å². The van der Waals surface area contributed by atoms with E-state index < -0.39 is 0 Å². The Morgan fingerprint density at radius 2 is 2.08 bits per heavy atom. The minimum absolute atomic E-state index is 0.0318. The summed E-state index contributed by atoms with van der Waals surface area (Å²) in [5, 5.41) is 14.2. The number of hydrogen-bond donors (Lipinski definition) is 2. The van der Waals surface area contributed by atoms with Crippen molar-refractivity contribution in [3.63, 3.8) is 0 Å². The predicted octanol–water partition coefficient (Wildman–Crippen LogP) is 2.30. The summed E-state index contributed by atoms with van der Waals surface area (Å²) >= 11 is 1.64. The number of pyridine rings is 1. The number of carbonyl (C=O) groups is 1. The van der Waals surface area contributed by atoms with Crippen molar-refractivity contribution in [2.24, 2.45) is 0 Å². The molecule has 2 N–H and O–H groups in total. The van der Waals surface area contributed by atoms with Crippen molar-refractivity contribution < 1.29 is 9.90 Å². The van der Waals surface area contributed by atoms with Crippen LogP contribution < -0.4 is 10.2 Å². The van der Waals surface area contributed by atoms with Gasteiger partial charge in [-0.25, -0.2) is 4.98 Å². The largest absolute Gasteiger partial charge is 0.506 e. The van der Waals surface area contributed by atoms with Crippen LogP contribution in [-0.2, 0) is 11.3 Å². The Kier molecular flexibility index (Phi) is 3.88. The lowest BCUT2D eigenvalue weighted by Crippen LogP contribution is -2.22. The first-order valence-electron chi connectivity index (χ1n) is 8.29. The second-order valence-electron chi connectivity index (χ2n) is 6.39. The van der Waals surface area contributed by atoms with Gasteiger partial charge < -0.3 is 15.3 Å². The maximum Gasteiger partial charge on any atom is 0.221 e. The number of fused-ring (bicyclic) bond motifs is 1. The standard InChI is InChI=1S/C17H20N4O2S/c1-10-4-5-13(22)15(19-10)11-8-14(23)18-9-12-16(11)24-17(20-12)21-6-2-3-7-21/h4-5,11,22H,2-3,6-9H2,1H3,(H,18,23). The Morgan fingerprint density at radius 1 is 1.29 bits per heavy atom. The van der Waals surface area contributed by atoms with Crippen molar-refractivity contribution in [2.45, 2.75) is 38.6 Å². The Labute approximate surface area is 144 Å². The van der Waals surface area contributed by atoms with Gasteiger partial charge in [0.25, 0.3) is 0 Å². The summed E-state index contributed by atoms with van der Waals surface area (Å²) in [5.74, 6) is -0.130. The van der Waals surface area contributed by atoms with Crippen molar-refractivity contribution in [2.75, 3.05) is 18.0 Å². The van der Waals surface area contributed by atoms with E-state index in [1.54, 1.807) is 23.5 Å². The minimum Gasteiger partial charge on any atom is -0.506 e.